The van der Waals surface area contributed by atoms with E-state index >= 15 is 0 Å². The minimum Gasteiger partial charge on any atom is -0.480 e. The van der Waals surface area contributed by atoms with Gasteiger partial charge in [0.15, 0.2) is 6.29 Å². The van der Waals surface area contributed by atoms with Crippen molar-refractivity contribution in [3.8, 4) is 0 Å². The van der Waals surface area contributed by atoms with Crippen LogP contribution in [0.15, 0.2) is 0 Å². The van der Waals surface area contributed by atoms with E-state index in [1.54, 1.807) is 0 Å². The summed E-state index contributed by atoms with van der Waals surface area (Å²) in [6.07, 6.45) is -7.39. The van der Waals surface area contributed by atoms with Gasteiger partial charge in [-0.15, -0.1) is 0 Å². The highest BCUT2D eigenvalue weighted by Crippen LogP contribution is 2.45. The van der Waals surface area contributed by atoms with Gasteiger partial charge in [-0.3, -0.25) is 23.7 Å². The molecule has 0 bridgehead atoms. The van der Waals surface area contributed by atoms with Crippen LogP contribution in [0.5, 0.6) is 0 Å². The zero-order valence-corrected chi connectivity index (χ0v) is 13.2. The predicted molar refractivity (Wildman–Crippen MR) is 70.1 cm³/mol. The number of rotatable bonds is 9. The van der Waals surface area contributed by atoms with Gasteiger partial charge in [-0.2, -0.15) is 0 Å². The Bertz CT molecular complexity index is 507. The molecule has 0 aromatic carbocycles. The smallest absolute Gasteiger partial charge is 0.469 e. The standard InChI is InChI=1S/C8H17NO12P2/c10-5(11)1-9-3-22(14,15)21-8-7(13)6(12)4(20-8)2-19-23(16,17)18/h4,6-9,12-13H,1-3H2,(H,10,11)(H,14,15)(H2,16,17,18). The Hall–Kier alpha value is -0.430. The molecule has 1 rings (SSSR count). The van der Waals surface area contributed by atoms with E-state index in [9.17, 15) is 29.0 Å². The lowest BCUT2D eigenvalue weighted by Gasteiger charge is -2.19. The number of carboxylic acids is 1. The molecule has 0 aromatic rings. The number of aliphatic hydroxyl groups is 2. The number of carbonyl (C=O) groups is 1. The quantitative estimate of drug-likeness (QED) is 0.204. The zero-order valence-electron chi connectivity index (χ0n) is 11.5. The van der Waals surface area contributed by atoms with Gasteiger partial charge in [-0.25, -0.2) is 4.57 Å². The number of aliphatic hydroxyl groups excluding tert-OH is 2. The van der Waals surface area contributed by atoms with Crippen LogP contribution in [0.25, 0.3) is 0 Å². The SMILES string of the molecule is O=C(O)CNCP(=O)(O)OC1OC(COP(=O)(O)O)C(O)C1O. The number of hydrogen-bond acceptors (Lipinski definition) is 9. The molecule has 0 saturated carbocycles. The third-order valence-electron chi connectivity index (χ3n) is 2.58. The summed E-state index contributed by atoms with van der Waals surface area (Å²) >= 11 is 0. The number of phosphoric acid groups is 1. The third-order valence-corrected chi connectivity index (χ3v) is 4.23. The Morgan fingerprint density at radius 3 is 2.30 bits per heavy atom. The number of carboxylic acid groups (broad SMARTS) is 1. The van der Waals surface area contributed by atoms with Crippen LogP contribution in [0.1, 0.15) is 0 Å². The second-order valence-electron chi connectivity index (χ2n) is 4.53. The maximum atomic E-state index is 11.7. The van der Waals surface area contributed by atoms with Crippen LogP contribution in [0.2, 0.25) is 0 Å². The van der Waals surface area contributed by atoms with Crippen LogP contribution < -0.4 is 5.32 Å². The fraction of sp³-hybridized carbons (Fsp3) is 0.875. The van der Waals surface area contributed by atoms with Crippen molar-refractivity contribution in [2.24, 2.45) is 0 Å². The van der Waals surface area contributed by atoms with E-state index in [4.69, 9.17) is 19.6 Å². The maximum absolute atomic E-state index is 11.7. The van der Waals surface area contributed by atoms with E-state index in [0.717, 1.165) is 0 Å². The van der Waals surface area contributed by atoms with Gasteiger partial charge in [-0.05, 0) is 0 Å². The molecule has 1 aliphatic rings. The highest BCUT2D eigenvalue weighted by Gasteiger charge is 2.46. The van der Waals surface area contributed by atoms with E-state index in [2.05, 4.69) is 14.4 Å². The van der Waals surface area contributed by atoms with Gasteiger partial charge >= 0.3 is 21.4 Å². The molecule has 0 amide bonds. The Morgan fingerprint density at radius 2 is 1.78 bits per heavy atom. The van der Waals surface area contributed by atoms with Crippen molar-refractivity contribution in [1.82, 2.24) is 5.32 Å². The summed E-state index contributed by atoms with van der Waals surface area (Å²) in [5, 5.41) is 29.8. The predicted octanol–water partition coefficient (Wildman–Crippen LogP) is -2.62. The Labute approximate surface area is 129 Å². The van der Waals surface area contributed by atoms with Crippen molar-refractivity contribution >= 4 is 21.4 Å². The van der Waals surface area contributed by atoms with Gasteiger partial charge in [0.25, 0.3) is 0 Å². The fourth-order valence-electron chi connectivity index (χ4n) is 1.61. The highest BCUT2D eigenvalue weighted by molar-refractivity contribution is 7.52. The van der Waals surface area contributed by atoms with Gasteiger partial charge in [-0.1, -0.05) is 0 Å². The van der Waals surface area contributed by atoms with Crippen molar-refractivity contribution < 1.29 is 57.7 Å². The molecule has 15 heteroatoms. The molecule has 1 aliphatic heterocycles. The molecule has 7 N–H and O–H groups in total. The van der Waals surface area contributed by atoms with Crippen molar-refractivity contribution in [2.45, 2.75) is 24.6 Å². The lowest BCUT2D eigenvalue weighted by Crippen LogP contribution is -2.35. The number of aliphatic carboxylic acids is 1. The van der Waals surface area contributed by atoms with Crippen molar-refractivity contribution in [1.29, 1.82) is 0 Å². The van der Waals surface area contributed by atoms with E-state index in [1.807, 2.05) is 0 Å². The fourth-order valence-corrected chi connectivity index (χ4v) is 2.92. The minimum absolute atomic E-state index is 0.608. The van der Waals surface area contributed by atoms with Crippen LogP contribution in [0.4, 0.5) is 0 Å². The first-order valence-electron chi connectivity index (χ1n) is 6.06. The van der Waals surface area contributed by atoms with E-state index in [1.165, 1.54) is 0 Å². The normalized spacial score (nSPS) is 31.0. The topological polar surface area (TPSA) is 212 Å². The van der Waals surface area contributed by atoms with Gasteiger partial charge in [0.05, 0.1) is 19.4 Å². The molecule has 23 heavy (non-hydrogen) atoms. The van der Waals surface area contributed by atoms with Crippen LogP contribution in [0.3, 0.4) is 0 Å². The van der Waals surface area contributed by atoms with Crippen LogP contribution in [-0.2, 0) is 27.7 Å². The summed E-state index contributed by atoms with van der Waals surface area (Å²) in [6.45, 7) is -1.40. The number of nitrogens with one attached hydrogen (secondary N) is 1. The van der Waals surface area contributed by atoms with Gasteiger partial charge in [0, 0.05) is 0 Å². The summed E-state index contributed by atoms with van der Waals surface area (Å²) in [4.78, 5) is 36.8. The first-order chi connectivity index (χ1) is 10.4. The average molecular weight is 381 g/mol. The van der Waals surface area contributed by atoms with E-state index in [0.29, 0.717) is 0 Å². The lowest BCUT2D eigenvalue weighted by molar-refractivity contribution is -0.135. The molecule has 1 fully saturated rings. The molecular formula is C8H17NO12P2. The van der Waals surface area contributed by atoms with Gasteiger partial charge in [0.2, 0.25) is 0 Å². The first-order valence-corrected chi connectivity index (χ1v) is 9.35. The summed E-state index contributed by atoms with van der Waals surface area (Å²) in [7, 11) is -9.24. The number of hydrogen-bond donors (Lipinski definition) is 7. The molecular weight excluding hydrogens is 364 g/mol. The molecule has 0 aliphatic carbocycles. The first kappa shape index (κ1) is 20.6. The van der Waals surface area contributed by atoms with Crippen LogP contribution in [0, 0.1) is 0 Å². The third kappa shape index (κ3) is 7.33. The molecule has 0 spiro atoms. The highest BCUT2D eigenvalue weighted by atomic mass is 31.2. The number of ether oxygens (including phenoxy) is 1. The Kier molecular flexibility index (Phi) is 7.26. The molecule has 0 aromatic heterocycles. The molecule has 13 nitrogen and oxygen atoms in total. The zero-order chi connectivity index (χ0) is 17.8. The van der Waals surface area contributed by atoms with Crippen LogP contribution in [-0.4, -0.2) is 80.0 Å². The number of phosphoric ester groups is 1. The summed E-state index contributed by atoms with van der Waals surface area (Å²) in [6, 6.07) is 0. The maximum Gasteiger partial charge on any atom is 0.469 e. The molecule has 5 atom stereocenters. The summed E-state index contributed by atoms with van der Waals surface area (Å²) < 4.78 is 35.8. The second kappa shape index (κ2) is 8.10. The van der Waals surface area contributed by atoms with Crippen molar-refractivity contribution in [3.05, 3.63) is 0 Å². The molecule has 5 unspecified atom stereocenters. The van der Waals surface area contributed by atoms with E-state index < -0.39 is 65.4 Å². The Morgan fingerprint density at radius 1 is 1.17 bits per heavy atom. The molecule has 0 radical (unpaired) electrons. The average Bonchev–Trinajstić information content (AvgIpc) is 2.62. The Balaban J connectivity index is 2.55. The molecule has 1 saturated heterocycles. The van der Waals surface area contributed by atoms with Crippen molar-refractivity contribution in [3.63, 3.8) is 0 Å². The minimum atomic E-state index is -4.83. The van der Waals surface area contributed by atoms with Crippen molar-refractivity contribution in [2.75, 3.05) is 19.4 Å². The largest absolute Gasteiger partial charge is 0.480 e. The summed E-state index contributed by atoms with van der Waals surface area (Å²) in [5.41, 5.74) is 0. The second-order valence-corrected chi connectivity index (χ2v) is 7.57. The van der Waals surface area contributed by atoms with Gasteiger partial charge < -0.3 is 34.7 Å². The molecule has 1 heterocycles. The summed E-state index contributed by atoms with van der Waals surface area (Å²) in [5.74, 6) is -1.27. The lowest BCUT2D eigenvalue weighted by atomic mass is 10.1. The molecule has 136 valence electrons. The van der Waals surface area contributed by atoms with E-state index in [-0.39, 0.29) is 0 Å². The van der Waals surface area contributed by atoms with Crippen LogP contribution >= 0.6 is 15.4 Å². The van der Waals surface area contributed by atoms with Gasteiger partial charge in [0.1, 0.15) is 18.3 Å². The monoisotopic (exact) mass is 381 g/mol.